The molecule has 25 heavy (non-hydrogen) atoms. The van der Waals surface area contributed by atoms with E-state index in [1.54, 1.807) is 0 Å². The Labute approximate surface area is 147 Å². The van der Waals surface area contributed by atoms with Gasteiger partial charge in [0, 0.05) is 36.4 Å². The van der Waals surface area contributed by atoms with Crippen LogP contribution in [0, 0.1) is 0 Å². The minimum absolute atomic E-state index is 0.0521. The number of benzene rings is 1. The molecule has 0 spiro atoms. The maximum atomic E-state index is 10.8. The number of para-hydroxylation sites is 1. The largest absolute Gasteiger partial charge is 0.368 e. The quantitative estimate of drug-likeness (QED) is 0.687. The van der Waals surface area contributed by atoms with Crippen LogP contribution in [0.15, 0.2) is 115 Å². The molecular formula is C21H21N3O. The number of nitrogens with one attached hydrogen (secondary N) is 3. The lowest BCUT2D eigenvalue weighted by Gasteiger charge is -1.93. The highest BCUT2D eigenvalue weighted by Crippen LogP contribution is 2.06. The fourth-order valence-corrected chi connectivity index (χ4v) is 1.91. The lowest BCUT2D eigenvalue weighted by atomic mass is 10.2. The third-order valence-corrected chi connectivity index (χ3v) is 3.07. The second kappa shape index (κ2) is 11.1. The Balaban J connectivity index is 0.000000142. The van der Waals surface area contributed by atoms with Crippen LogP contribution in [0.5, 0.6) is 0 Å². The Hall–Kier alpha value is -3.53. The van der Waals surface area contributed by atoms with Crippen molar-refractivity contribution in [3.05, 3.63) is 120 Å². The first-order chi connectivity index (χ1) is 12.4. The second-order valence-corrected chi connectivity index (χ2v) is 4.95. The zero-order valence-electron chi connectivity index (χ0n) is 13.8. The third kappa shape index (κ3) is 7.52. The Morgan fingerprint density at radius 1 is 0.560 bits per heavy atom. The third-order valence-electron chi connectivity index (χ3n) is 3.07. The molecule has 0 saturated carbocycles. The van der Waals surface area contributed by atoms with Gasteiger partial charge in [0.25, 0.3) is 0 Å². The Bertz CT molecular complexity index is 823. The average molecular weight is 331 g/mol. The van der Waals surface area contributed by atoms with Crippen LogP contribution in [-0.4, -0.2) is 4.98 Å². The van der Waals surface area contributed by atoms with Crippen LogP contribution in [0.1, 0.15) is 0 Å². The molecule has 0 radical (unpaired) electrons. The van der Waals surface area contributed by atoms with E-state index in [0.717, 1.165) is 10.9 Å². The molecule has 2 aliphatic rings. The molecule has 4 heteroatoms. The zero-order valence-corrected chi connectivity index (χ0v) is 13.8. The summed E-state index contributed by atoms with van der Waals surface area (Å²) >= 11 is 0. The summed E-state index contributed by atoms with van der Waals surface area (Å²) in [6.07, 6.45) is 23.2. The highest BCUT2D eigenvalue weighted by atomic mass is 16.1. The first-order valence-corrected chi connectivity index (χ1v) is 7.93. The predicted molar refractivity (Wildman–Crippen MR) is 106 cm³/mol. The molecule has 0 bridgehead atoms. The van der Waals surface area contributed by atoms with E-state index in [1.165, 1.54) is 6.07 Å². The zero-order chi connectivity index (χ0) is 17.6. The van der Waals surface area contributed by atoms with Crippen LogP contribution in [-0.2, 0) is 0 Å². The van der Waals surface area contributed by atoms with Crippen LogP contribution >= 0.6 is 0 Å². The molecule has 0 unspecified atom stereocenters. The average Bonchev–Trinajstić information content (AvgIpc) is 3.12. The van der Waals surface area contributed by atoms with Crippen molar-refractivity contribution in [3.63, 3.8) is 0 Å². The summed E-state index contributed by atoms with van der Waals surface area (Å²) in [7, 11) is 0. The first-order valence-electron chi connectivity index (χ1n) is 7.93. The van der Waals surface area contributed by atoms with E-state index in [2.05, 4.69) is 15.6 Å². The first kappa shape index (κ1) is 17.8. The maximum Gasteiger partial charge on any atom is 0.248 e. The molecule has 2 aromatic rings. The number of hydrogen-bond donors (Lipinski definition) is 3. The van der Waals surface area contributed by atoms with Gasteiger partial charge >= 0.3 is 0 Å². The van der Waals surface area contributed by atoms with E-state index in [-0.39, 0.29) is 5.56 Å². The molecular weight excluding hydrogens is 310 g/mol. The van der Waals surface area contributed by atoms with Crippen molar-refractivity contribution in [3.8, 4) is 0 Å². The van der Waals surface area contributed by atoms with E-state index in [0.29, 0.717) is 0 Å². The fourth-order valence-electron chi connectivity index (χ4n) is 1.91. The van der Waals surface area contributed by atoms with Crippen molar-refractivity contribution < 1.29 is 0 Å². The number of pyridine rings is 1. The van der Waals surface area contributed by atoms with Crippen LogP contribution in [0.2, 0.25) is 0 Å². The summed E-state index contributed by atoms with van der Waals surface area (Å²) in [5.41, 5.74) is 0.837. The van der Waals surface area contributed by atoms with Gasteiger partial charge < -0.3 is 15.6 Å². The highest BCUT2D eigenvalue weighted by molar-refractivity contribution is 5.77. The maximum absolute atomic E-state index is 10.8. The number of allylic oxidation sites excluding steroid dienone is 8. The van der Waals surface area contributed by atoms with Crippen LogP contribution in [0.25, 0.3) is 10.9 Å². The summed E-state index contributed by atoms with van der Waals surface area (Å²) in [6.45, 7) is 0. The van der Waals surface area contributed by atoms with Gasteiger partial charge in [-0.3, -0.25) is 4.79 Å². The van der Waals surface area contributed by atoms with Gasteiger partial charge in [-0.25, -0.2) is 0 Å². The summed E-state index contributed by atoms with van der Waals surface area (Å²) in [5, 5.41) is 6.91. The lowest BCUT2D eigenvalue weighted by molar-refractivity contribution is 1.20. The molecule has 126 valence electrons. The van der Waals surface area contributed by atoms with Gasteiger partial charge in [0.15, 0.2) is 0 Å². The smallest absolute Gasteiger partial charge is 0.248 e. The minimum atomic E-state index is -0.0521. The van der Waals surface area contributed by atoms with E-state index >= 15 is 0 Å². The lowest BCUT2D eigenvalue weighted by Crippen LogP contribution is -2.01. The van der Waals surface area contributed by atoms with Gasteiger partial charge in [0.2, 0.25) is 5.56 Å². The van der Waals surface area contributed by atoms with E-state index in [1.807, 2.05) is 104 Å². The molecule has 0 aliphatic carbocycles. The normalized spacial score (nSPS) is 13.4. The molecule has 0 amide bonds. The molecule has 4 rings (SSSR count). The van der Waals surface area contributed by atoms with Crippen LogP contribution in [0.4, 0.5) is 0 Å². The topological polar surface area (TPSA) is 56.9 Å². The van der Waals surface area contributed by atoms with Crippen molar-refractivity contribution in [2.24, 2.45) is 0 Å². The van der Waals surface area contributed by atoms with E-state index in [9.17, 15) is 4.79 Å². The van der Waals surface area contributed by atoms with Crippen molar-refractivity contribution in [2.45, 2.75) is 0 Å². The highest BCUT2D eigenvalue weighted by Gasteiger charge is 1.89. The van der Waals surface area contributed by atoms with Crippen LogP contribution in [0.3, 0.4) is 0 Å². The number of H-pyrrole nitrogens is 1. The molecule has 4 nitrogen and oxygen atoms in total. The van der Waals surface area contributed by atoms with Gasteiger partial charge in [-0.05, 0) is 41.8 Å². The fraction of sp³-hybridized carbons (Fsp3) is 0. The second-order valence-electron chi connectivity index (χ2n) is 4.95. The number of fused-ring (bicyclic) bond motifs is 1. The molecule has 0 fully saturated rings. The number of aromatic nitrogens is 1. The Kier molecular flexibility index (Phi) is 7.89. The number of rotatable bonds is 0. The molecule has 3 heterocycles. The number of aromatic amines is 1. The standard InChI is InChI=1S/C9H7NO.2C6H7N/c11-9-6-5-7-3-1-2-4-8(7)10-9;2*1-2-4-6-7-5-3-1/h1-6H,(H,10,11);2*1-7H. The van der Waals surface area contributed by atoms with Gasteiger partial charge in [-0.1, -0.05) is 42.5 Å². The summed E-state index contributed by atoms with van der Waals surface area (Å²) in [5.74, 6) is 0. The van der Waals surface area contributed by atoms with Gasteiger partial charge in [0.05, 0.1) is 0 Å². The minimum Gasteiger partial charge on any atom is -0.368 e. The molecule has 0 saturated heterocycles. The van der Waals surface area contributed by atoms with Gasteiger partial charge in [-0.2, -0.15) is 0 Å². The molecule has 1 aromatic carbocycles. The molecule has 1 aromatic heterocycles. The van der Waals surface area contributed by atoms with Gasteiger partial charge in [-0.15, -0.1) is 0 Å². The van der Waals surface area contributed by atoms with Crippen molar-refractivity contribution >= 4 is 10.9 Å². The molecule has 2 aliphatic heterocycles. The summed E-state index contributed by atoms with van der Waals surface area (Å²) < 4.78 is 0. The molecule has 3 N–H and O–H groups in total. The molecule has 0 atom stereocenters. The van der Waals surface area contributed by atoms with Crippen molar-refractivity contribution in [1.29, 1.82) is 0 Å². The summed E-state index contributed by atoms with van der Waals surface area (Å²) in [4.78, 5) is 13.6. The Morgan fingerprint density at radius 2 is 1.08 bits per heavy atom. The van der Waals surface area contributed by atoms with E-state index in [4.69, 9.17) is 0 Å². The number of hydrogen-bond acceptors (Lipinski definition) is 3. The van der Waals surface area contributed by atoms with Crippen molar-refractivity contribution in [1.82, 2.24) is 15.6 Å². The SMILES string of the molecule is C1=CC=CNC=C1.C1=CC=CNC=C1.O=c1ccc2ccccc2[nH]1. The summed E-state index contributed by atoms with van der Waals surface area (Å²) in [6, 6.07) is 11.0. The van der Waals surface area contributed by atoms with Crippen molar-refractivity contribution in [2.75, 3.05) is 0 Å². The monoisotopic (exact) mass is 331 g/mol. The van der Waals surface area contributed by atoms with Crippen LogP contribution < -0.4 is 16.2 Å². The Morgan fingerprint density at radius 3 is 1.64 bits per heavy atom. The van der Waals surface area contributed by atoms with Gasteiger partial charge in [0.1, 0.15) is 0 Å². The predicted octanol–water partition coefficient (Wildman–Crippen LogP) is 3.87. The van der Waals surface area contributed by atoms with E-state index < -0.39 is 0 Å².